The summed E-state index contributed by atoms with van der Waals surface area (Å²) in [6, 6.07) is 19.2. The van der Waals surface area contributed by atoms with Crippen LogP contribution in [0.1, 0.15) is 44.7 Å². The van der Waals surface area contributed by atoms with E-state index in [1.807, 2.05) is 36.1 Å². The van der Waals surface area contributed by atoms with Gasteiger partial charge in [-0.2, -0.15) is 0 Å². The maximum absolute atomic E-state index is 14.0. The topological polar surface area (TPSA) is 49.4 Å². The molecule has 3 aromatic carbocycles. The summed E-state index contributed by atoms with van der Waals surface area (Å²) < 4.78 is 14.9. The van der Waals surface area contributed by atoms with E-state index in [0.717, 1.165) is 28.4 Å². The fourth-order valence-corrected chi connectivity index (χ4v) is 3.92. The van der Waals surface area contributed by atoms with Crippen molar-refractivity contribution in [1.29, 1.82) is 0 Å². The highest BCUT2D eigenvalue weighted by Crippen LogP contribution is 2.31. The summed E-state index contributed by atoms with van der Waals surface area (Å²) in [6.45, 7) is 2.36. The number of nitrogens with one attached hydrogen (secondary N) is 1. The Hall–Kier alpha value is -2.99. The molecular weight excluding hydrogens is 459 g/mol. The van der Waals surface area contributed by atoms with Gasteiger partial charge in [-0.25, -0.2) is 4.39 Å². The zero-order valence-corrected chi connectivity index (χ0v) is 18.7. The SMILES string of the molecule is Cc1ccc(C(=O)N(Cc2cccc(Br)c2)C2CC2)cc1NC(=O)c1ccccc1F. The first-order chi connectivity index (χ1) is 14.9. The number of hydrogen-bond acceptors (Lipinski definition) is 2. The van der Waals surface area contributed by atoms with Crippen molar-refractivity contribution in [1.82, 2.24) is 4.90 Å². The number of benzene rings is 3. The van der Waals surface area contributed by atoms with E-state index in [1.54, 1.807) is 24.3 Å². The Kier molecular flexibility index (Phi) is 6.18. The number of hydrogen-bond donors (Lipinski definition) is 1. The Bertz CT molecular complexity index is 1140. The molecule has 0 heterocycles. The van der Waals surface area contributed by atoms with Crippen LogP contribution in [-0.2, 0) is 6.54 Å². The summed E-state index contributed by atoms with van der Waals surface area (Å²) in [6.07, 6.45) is 1.98. The van der Waals surface area contributed by atoms with Crippen LogP contribution in [0.15, 0.2) is 71.2 Å². The zero-order valence-electron chi connectivity index (χ0n) is 17.1. The van der Waals surface area contributed by atoms with Crippen molar-refractivity contribution in [2.45, 2.75) is 32.4 Å². The highest BCUT2D eigenvalue weighted by molar-refractivity contribution is 9.10. The van der Waals surface area contributed by atoms with E-state index in [9.17, 15) is 14.0 Å². The van der Waals surface area contributed by atoms with Crippen molar-refractivity contribution in [2.75, 3.05) is 5.32 Å². The largest absolute Gasteiger partial charge is 0.331 e. The number of rotatable bonds is 6. The number of aryl methyl sites for hydroxylation is 1. The van der Waals surface area contributed by atoms with E-state index >= 15 is 0 Å². The summed E-state index contributed by atoms with van der Waals surface area (Å²) in [5.74, 6) is -1.21. The molecule has 0 bridgehead atoms. The third kappa shape index (κ3) is 5.02. The average Bonchev–Trinajstić information content (AvgIpc) is 3.58. The summed E-state index contributed by atoms with van der Waals surface area (Å²) in [7, 11) is 0. The van der Waals surface area contributed by atoms with Crippen molar-refractivity contribution in [3.8, 4) is 0 Å². The Morgan fingerprint density at radius 3 is 2.55 bits per heavy atom. The van der Waals surface area contributed by atoms with Crippen molar-refractivity contribution in [3.63, 3.8) is 0 Å². The van der Waals surface area contributed by atoms with Gasteiger partial charge >= 0.3 is 0 Å². The predicted molar refractivity (Wildman–Crippen MR) is 123 cm³/mol. The maximum Gasteiger partial charge on any atom is 0.258 e. The highest BCUT2D eigenvalue weighted by Gasteiger charge is 2.33. The predicted octanol–water partition coefficient (Wildman–Crippen LogP) is 5.95. The molecule has 158 valence electrons. The van der Waals surface area contributed by atoms with Crippen LogP contribution >= 0.6 is 15.9 Å². The van der Waals surface area contributed by atoms with Crippen LogP contribution in [0.3, 0.4) is 0 Å². The van der Waals surface area contributed by atoms with Gasteiger partial charge < -0.3 is 10.2 Å². The van der Waals surface area contributed by atoms with Crippen LogP contribution in [0.2, 0.25) is 0 Å². The fraction of sp³-hybridized carbons (Fsp3) is 0.200. The Morgan fingerprint density at radius 1 is 1.06 bits per heavy atom. The monoisotopic (exact) mass is 480 g/mol. The quantitative estimate of drug-likeness (QED) is 0.473. The number of carbonyl (C=O) groups excluding carboxylic acids is 2. The molecule has 4 rings (SSSR count). The fourth-order valence-electron chi connectivity index (χ4n) is 3.48. The lowest BCUT2D eigenvalue weighted by atomic mass is 10.1. The van der Waals surface area contributed by atoms with E-state index in [2.05, 4.69) is 21.2 Å². The van der Waals surface area contributed by atoms with Gasteiger partial charge in [0.25, 0.3) is 11.8 Å². The summed E-state index contributed by atoms with van der Waals surface area (Å²) >= 11 is 3.48. The van der Waals surface area contributed by atoms with E-state index in [0.29, 0.717) is 17.8 Å². The standard InChI is InChI=1S/C25H22BrFN2O2/c1-16-9-10-18(14-23(16)28-24(30)21-7-2-3-8-22(21)27)25(31)29(20-11-12-20)15-17-5-4-6-19(26)13-17/h2-10,13-14,20H,11-12,15H2,1H3,(H,28,30). The van der Waals surface area contributed by atoms with Gasteiger partial charge in [0.2, 0.25) is 0 Å². The van der Waals surface area contributed by atoms with Gasteiger partial charge in [-0.15, -0.1) is 0 Å². The first kappa shape index (κ1) is 21.2. The summed E-state index contributed by atoms with van der Waals surface area (Å²) in [5.41, 5.74) is 2.81. The molecule has 1 fully saturated rings. The van der Waals surface area contributed by atoms with Crippen LogP contribution in [0.5, 0.6) is 0 Å². The third-order valence-electron chi connectivity index (χ3n) is 5.34. The molecule has 1 aliphatic carbocycles. The van der Waals surface area contributed by atoms with Crippen molar-refractivity contribution in [2.24, 2.45) is 0 Å². The third-order valence-corrected chi connectivity index (χ3v) is 5.83. The molecule has 0 aliphatic heterocycles. The average molecular weight is 481 g/mol. The molecule has 0 saturated heterocycles. The summed E-state index contributed by atoms with van der Waals surface area (Å²) in [5, 5.41) is 2.75. The Morgan fingerprint density at radius 2 is 1.84 bits per heavy atom. The van der Waals surface area contributed by atoms with Crippen molar-refractivity contribution >= 4 is 33.4 Å². The number of halogens is 2. The second kappa shape index (κ2) is 9.02. The molecule has 1 aliphatic rings. The molecular formula is C25H22BrFN2O2. The molecule has 4 nitrogen and oxygen atoms in total. The number of nitrogens with zero attached hydrogens (tertiary/aromatic N) is 1. The van der Waals surface area contributed by atoms with Gasteiger partial charge in [0.05, 0.1) is 5.56 Å². The first-order valence-corrected chi connectivity index (χ1v) is 10.9. The van der Waals surface area contributed by atoms with Gasteiger partial charge in [-0.3, -0.25) is 9.59 Å². The highest BCUT2D eigenvalue weighted by atomic mass is 79.9. The van der Waals surface area contributed by atoms with Crippen LogP contribution < -0.4 is 5.32 Å². The zero-order chi connectivity index (χ0) is 22.0. The molecule has 1 N–H and O–H groups in total. The minimum absolute atomic E-state index is 0.0344. The lowest BCUT2D eigenvalue weighted by Gasteiger charge is -2.23. The van der Waals surface area contributed by atoms with Gasteiger partial charge in [-0.1, -0.05) is 46.3 Å². The number of amides is 2. The second-order valence-corrected chi connectivity index (χ2v) is 8.67. The lowest BCUT2D eigenvalue weighted by Crippen LogP contribution is -2.32. The molecule has 0 spiro atoms. The van der Waals surface area contributed by atoms with Crippen LogP contribution in [-0.4, -0.2) is 22.8 Å². The van der Waals surface area contributed by atoms with Crippen LogP contribution in [0, 0.1) is 12.7 Å². The molecule has 6 heteroatoms. The van der Waals surface area contributed by atoms with E-state index in [-0.39, 0.29) is 17.5 Å². The minimum atomic E-state index is -0.584. The first-order valence-electron chi connectivity index (χ1n) is 10.1. The molecule has 31 heavy (non-hydrogen) atoms. The molecule has 2 amide bonds. The van der Waals surface area contributed by atoms with E-state index in [1.165, 1.54) is 18.2 Å². The summed E-state index contributed by atoms with van der Waals surface area (Å²) in [4.78, 5) is 27.8. The molecule has 0 aromatic heterocycles. The Balaban J connectivity index is 1.56. The van der Waals surface area contributed by atoms with Crippen molar-refractivity contribution < 1.29 is 14.0 Å². The number of carbonyl (C=O) groups is 2. The van der Waals surface area contributed by atoms with Crippen molar-refractivity contribution in [3.05, 3.63) is 99.3 Å². The lowest BCUT2D eigenvalue weighted by molar-refractivity contribution is 0.0729. The van der Waals surface area contributed by atoms with E-state index < -0.39 is 11.7 Å². The van der Waals surface area contributed by atoms with Gasteiger partial charge in [-0.05, 0) is 67.3 Å². The molecule has 0 radical (unpaired) electrons. The molecule has 0 atom stereocenters. The van der Waals surface area contributed by atoms with Crippen LogP contribution in [0.25, 0.3) is 0 Å². The van der Waals surface area contributed by atoms with Gasteiger partial charge in [0.1, 0.15) is 5.82 Å². The Labute approximate surface area is 189 Å². The van der Waals surface area contributed by atoms with E-state index in [4.69, 9.17) is 0 Å². The minimum Gasteiger partial charge on any atom is -0.331 e. The van der Waals surface area contributed by atoms with Gasteiger partial charge in [0, 0.05) is 28.3 Å². The smallest absolute Gasteiger partial charge is 0.258 e. The van der Waals surface area contributed by atoms with Crippen LogP contribution in [0.4, 0.5) is 10.1 Å². The maximum atomic E-state index is 14.0. The normalized spacial score (nSPS) is 13.0. The van der Waals surface area contributed by atoms with Gasteiger partial charge in [0.15, 0.2) is 0 Å². The second-order valence-electron chi connectivity index (χ2n) is 7.76. The number of anilines is 1. The molecule has 1 saturated carbocycles. The molecule has 3 aromatic rings. The molecule has 0 unspecified atom stereocenters.